The van der Waals surface area contributed by atoms with E-state index in [-0.39, 0.29) is 80.5 Å². The van der Waals surface area contributed by atoms with Crippen LogP contribution >= 0.6 is 0 Å². The summed E-state index contributed by atoms with van der Waals surface area (Å²) in [6.45, 7) is 5.14. The number of allylic oxidation sites excluding steroid dienone is 2. The summed E-state index contributed by atoms with van der Waals surface area (Å²) in [5.74, 6) is -2.58. The van der Waals surface area contributed by atoms with E-state index in [1.54, 1.807) is 35.1 Å². The largest absolute Gasteiger partial charge is 0.507 e. The molecule has 2 aromatic heterocycles. The highest BCUT2D eigenvalue weighted by Gasteiger charge is 2.44. The number of hydrogen-bond donors (Lipinski definition) is 6. The summed E-state index contributed by atoms with van der Waals surface area (Å²) in [7, 11) is 1.49. The topological polar surface area (TPSA) is 284 Å². The van der Waals surface area contributed by atoms with E-state index in [9.17, 15) is 45.0 Å². The van der Waals surface area contributed by atoms with Gasteiger partial charge in [0.15, 0.2) is 12.1 Å². The van der Waals surface area contributed by atoms with Crippen LogP contribution in [0.3, 0.4) is 0 Å². The molecule has 1 saturated heterocycles. The van der Waals surface area contributed by atoms with Crippen LogP contribution in [0.2, 0.25) is 0 Å². The average Bonchev–Trinajstić information content (AvgIpc) is 3.80. The Balaban J connectivity index is 0.961. The highest BCUT2D eigenvalue weighted by molar-refractivity contribution is 5.92. The van der Waals surface area contributed by atoms with Gasteiger partial charge >= 0.3 is 11.9 Å². The van der Waals surface area contributed by atoms with Gasteiger partial charge in [0.05, 0.1) is 78.9 Å². The lowest BCUT2D eigenvalue weighted by Gasteiger charge is -2.39. The lowest BCUT2D eigenvalue weighted by molar-refractivity contribution is -0.302. The minimum atomic E-state index is -1.53. The number of ether oxygens (including phenoxy) is 7. The molecule has 3 heterocycles. The standard InChI is InChI=1S/C48H58N4O17/c1-29(2)9-14-34-35(54)25-36(55)40-42(59)47(45(69-46(34)40)30-10-12-33(62-3)13-11-30)68-39(57)16-15-38(56)65-22-18-51(32-7-5-4-6-8-32)17-20-64-28-31-26-52(50-49-31)19-21-63-23-24-66-48-44(61)43(60)41(58)37(27-53)67-48/h4-13,25-26,37,41,43-44,48,53-55,58,60-61H,14-24,27-28H2,1-3H3/t37-,41-,43+,44-,48-/m0/s1. The zero-order chi connectivity index (χ0) is 49.5. The van der Waals surface area contributed by atoms with Gasteiger partial charge in [-0.1, -0.05) is 35.1 Å². The van der Waals surface area contributed by atoms with Crippen molar-refractivity contribution in [2.75, 3.05) is 64.7 Å². The number of carbonyl (C=O) groups excluding carboxylic acids is 2. The number of phenols is 2. The van der Waals surface area contributed by atoms with E-state index in [0.29, 0.717) is 36.6 Å². The van der Waals surface area contributed by atoms with Crippen molar-refractivity contribution in [3.63, 3.8) is 0 Å². The first kappa shape index (κ1) is 52.0. The van der Waals surface area contributed by atoms with E-state index < -0.39 is 72.6 Å². The van der Waals surface area contributed by atoms with Gasteiger partial charge in [0.25, 0.3) is 0 Å². The molecular formula is C48H58N4O17. The molecule has 6 rings (SSSR count). The summed E-state index contributed by atoms with van der Waals surface area (Å²) in [6, 6.07) is 16.9. The van der Waals surface area contributed by atoms with Crippen molar-refractivity contribution in [1.82, 2.24) is 15.0 Å². The average molecular weight is 963 g/mol. The summed E-state index contributed by atoms with van der Waals surface area (Å²) in [5.41, 5.74) is 2.04. The molecule has 0 aliphatic carbocycles. The monoisotopic (exact) mass is 962 g/mol. The second-order valence-corrected chi connectivity index (χ2v) is 16.1. The number of phenolic OH excluding ortho intramolecular Hbond substituents is 2. The Morgan fingerprint density at radius 3 is 2.33 bits per heavy atom. The van der Waals surface area contributed by atoms with Crippen LogP contribution in [0.4, 0.5) is 5.69 Å². The van der Waals surface area contributed by atoms with E-state index >= 15 is 0 Å². The van der Waals surface area contributed by atoms with Gasteiger partial charge in [-0.05, 0) is 56.7 Å². The summed E-state index contributed by atoms with van der Waals surface area (Å²) in [5, 5.41) is 68.7. The highest BCUT2D eigenvalue weighted by Crippen LogP contribution is 2.39. The number of fused-ring (bicyclic) bond motifs is 1. The predicted octanol–water partition coefficient (Wildman–Crippen LogP) is 2.77. The first-order valence-corrected chi connectivity index (χ1v) is 22.2. The molecule has 21 nitrogen and oxygen atoms in total. The first-order chi connectivity index (χ1) is 33.3. The maximum atomic E-state index is 14.0. The number of aromatic nitrogens is 3. The lowest BCUT2D eigenvalue weighted by Crippen LogP contribution is -2.59. The summed E-state index contributed by atoms with van der Waals surface area (Å²) >= 11 is 0. The fraction of sp³-hybridized carbons (Fsp3) is 0.438. The number of rotatable bonds is 25. The number of anilines is 1. The number of aliphatic hydroxyl groups excluding tert-OH is 4. The minimum absolute atomic E-state index is 0.0165. The Bertz CT molecular complexity index is 2540. The number of hydrogen-bond acceptors (Lipinski definition) is 20. The molecule has 0 amide bonds. The number of aliphatic hydroxyl groups is 4. The number of carbonyl (C=O) groups is 2. The molecule has 0 saturated carbocycles. The van der Waals surface area contributed by atoms with Crippen LogP contribution in [0.1, 0.15) is 37.9 Å². The lowest BCUT2D eigenvalue weighted by atomic mass is 9.99. The molecule has 372 valence electrons. The van der Waals surface area contributed by atoms with Crippen LogP contribution in [0, 0.1) is 0 Å². The number of methoxy groups -OCH3 is 1. The molecule has 1 aliphatic rings. The predicted molar refractivity (Wildman–Crippen MR) is 246 cm³/mol. The van der Waals surface area contributed by atoms with E-state index in [1.807, 2.05) is 55.2 Å². The molecular weight excluding hydrogens is 905 g/mol. The third-order valence-corrected chi connectivity index (χ3v) is 10.9. The second kappa shape index (κ2) is 25.3. The van der Waals surface area contributed by atoms with Crippen LogP contribution < -0.4 is 19.8 Å². The number of para-hydroxylation sites is 1. The normalized spacial score (nSPS) is 17.9. The zero-order valence-electron chi connectivity index (χ0n) is 38.5. The SMILES string of the molecule is COc1ccc(-c2oc3c(CC=C(C)C)c(O)cc(O)c3c(=O)c2OC(=O)CCC(=O)OCCN(CCOCc2cn(CCOCCO[C@H]3O[C@@H](CO)[C@H](O)[C@@H](O)[C@@H]3O)nn2)c2ccccc2)cc1. The van der Waals surface area contributed by atoms with Crippen molar-refractivity contribution >= 4 is 28.6 Å². The maximum absolute atomic E-state index is 14.0. The number of nitrogens with zero attached hydrogens (tertiary/aromatic N) is 4. The molecule has 1 fully saturated rings. The molecule has 5 atom stereocenters. The number of benzene rings is 3. The molecule has 0 spiro atoms. The van der Waals surface area contributed by atoms with Gasteiger partial charge in [-0.3, -0.25) is 14.4 Å². The molecule has 1 aliphatic heterocycles. The molecule has 0 bridgehead atoms. The Morgan fingerprint density at radius 1 is 0.870 bits per heavy atom. The van der Waals surface area contributed by atoms with Gasteiger partial charge in [0, 0.05) is 29.4 Å². The summed E-state index contributed by atoms with van der Waals surface area (Å²) in [4.78, 5) is 42.1. The quantitative estimate of drug-likeness (QED) is 0.0279. The molecule has 0 unspecified atom stereocenters. The number of aromatic hydroxyl groups is 2. The minimum Gasteiger partial charge on any atom is -0.507 e. The van der Waals surface area contributed by atoms with Crippen molar-refractivity contribution in [2.24, 2.45) is 0 Å². The van der Waals surface area contributed by atoms with Gasteiger partial charge in [-0.15, -0.1) is 5.10 Å². The van der Waals surface area contributed by atoms with E-state index in [4.69, 9.17) is 37.6 Å². The van der Waals surface area contributed by atoms with Crippen LogP contribution in [-0.4, -0.2) is 148 Å². The third kappa shape index (κ3) is 14.1. The van der Waals surface area contributed by atoms with Crippen LogP contribution in [-0.2, 0) is 52.8 Å². The first-order valence-electron chi connectivity index (χ1n) is 22.2. The van der Waals surface area contributed by atoms with Crippen LogP contribution in [0.25, 0.3) is 22.3 Å². The molecule has 0 radical (unpaired) electrons. The van der Waals surface area contributed by atoms with E-state index in [1.165, 1.54) is 7.11 Å². The Kier molecular flexibility index (Phi) is 19.0. The van der Waals surface area contributed by atoms with Gasteiger partial charge in [0.1, 0.15) is 64.9 Å². The highest BCUT2D eigenvalue weighted by atomic mass is 16.7. The van der Waals surface area contributed by atoms with Crippen molar-refractivity contribution in [3.05, 3.63) is 100.0 Å². The maximum Gasteiger partial charge on any atom is 0.312 e. The van der Waals surface area contributed by atoms with Gasteiger partial charge in [0.2, 0.25) is 11.2 Å². The van der Waals surface area contributed by atoms with Gasteiger partial charge in [-0.25, -0.2) is 4.68 Å². The Labute approximate surface area is 396 Å². The summed E-state index contributed by atoms with van der Waals surface area (Å²) in [6.07, 6.45) is -3.87. The zero-order valence-corrected chi connectivity index (χ0v) is 38.5. The van der Waals surface area contributed by atoms with Crippen molar-refractivity contribution < 1.29 is 77.8 Å². The van der Waals surface area contributed by atoms with Crippen molar-refractivity contribution in [2.45, 2.75) is 77.0 Å². The van der Waals surface area contributed by atoms with Crippen molar-refractivity contribution in [3.8, 4) is 34.3 Å². The van der Waals surface area contributed by atoms with Crippen LogP contribution in [0.5, 0.6) is 23.0 Å². The Hall–Kier alpha value is -6.43. The Morgan fingerprint density at radius 2 is 1.61 bits per heavy atom. The molecule has 21 heteroatoms. The van der Waals surface area contributed by atoms with Crippen LogP contribution in [0.15, 0.2) is 87.7 Å². The molecule has 69 heavy (non-hydrogen) atoms. The fourth-order valence-electron chi connectivity index (χ4n) is 7.17. The third-order valence-electron chi connectivity index (χ3n) is 10.9. The van der Waals surface area contributed by atoms with E-state index in [0.717, 1.165) is 17.3 Å². The molecule has 6 N–H and O–H groups in total. The fourth-order valence-corrected chi connectivity index (χ4v) is 7.17. The summed E-state index contributed by atoms with van der Waals surface area (Å²) < 4.78 is 46.3. The smallest absolute Gasteiger partial charge is 0.312 e. The number of esters is 2. The molecule has 3 aromatic carbocycles. The van der Waals surface area contributed by atoms with E-state index in [2.05, 4.69) is 10.3 Å². The van der Waals surface area contributed by atoms with Gasteiger partial charge < -0.3 is 73.1 Å². The second-order valence-electron chi connectivity index (χ2n) is 16.1. The van der Waals surface area contributed by atoms with Gasteiger partial charge in [-0.2, -0.15) is 0 Å². The van der Waals surface area contributed by atoms with Crippen molar-refractivity contribution in [1.29, 1.82) is 0 Å². The molecule has 5 aromatic rings.